The van der Waals surface area contributed by atoms with Gasteiger partial charge >= 0.3 is 6.18 Å². The molecule has 0 aromatic carbocycles. The van der Waals surface area contributed by atoms with Crippen molar-refractivity contribution in [1.82, 2.24) is 20.5 Å². The van der Waals surface area contributed by atoms with Crippen molar-refractivity contribution >= 4 is 29.9 Å². The quantitative estimate of drug-likeness (QED) is 0.241. The van der Waals surface area contributed by atoms with Gasteiger partial charge in [0.05, 0.1) is 25.4 Å². The Morgan fingerprint density at radius 3 is 2.68 bits per heavy atom. The average Bonchev–Trinajstić information content (AvgIpc) is 2.69. The first-order chi connectivity index (χ1) is 14.2. The second-order valence-corrected chi connectivity index (χ2v) is 7.34. The van der Waals surface area contributed by atoms with E-state index in [1.807, 2.05) is 6.92 Å². The summed E-state index contributed by atoms with van der Waals surface area (Å²) in [7, 11) is 0. The number of morpholine rings is 1. The summed E-state index contributed by atoms with van der Waals surface area (Å²) in [4.78, 5) is 10.4. The Labute approximate surface area is 197 Å². The van der Waals surface area contributed by atoms with Crippen LogP contribution in [0.25, 0.3) is 0 Å². The van der Waals surface area contributed by atoms with Crippen LogP contribution in [0.5, 0.6) is 5.88 Å². The van der Waals surface area contributed by atoms with E-state index in [2.05, 4.69) is 30.2 Å². The molecule has 1 fully saturated rings. The lowest BCUT2D eigenvalue weighted by Crippen LogP contribution is -2.52. The predicted octanol–water partition coefficient (Wildman–Crippen LogP) is 1.78. The number of nitrogens with zero attached hydrogens (tertiary/aromatic N) is 3. The molecule has 0 spiro atoms. The summed E-state index contributed by atoms with van der Waals surface area (Å²) in [5, 5.41) is 16.9. The van der Waals surface area contributed by atoms with Crippen LogP contribution in [-0.2, 0) is 11.3 Å². The first-order valence-corrected chi connectivity index (χ1v) is 9.86. The van der Waals surface area contributed by atoms with Crippen LogP contribution in [0.15, 0.2) is 23.3 Å². The summed E-state index contributed by atoms with van der Waals surface area (Å²) in [6.07, 6.45) is -3.04. The van der Waals surface area contributed by atoms with Crippen LogP contribution in [0.2, 0.25) is 0 Å². The molecule has 1 aromatic heterocycles. The third-order valence-corrected chi connectivity index (χ3v) is 4.25. The van der Waals surface area contributed by atoms with Gasteiger partial charge in [0.1, 0.15) is 0 Å². The van der Waals surface area contributed by atoms with Crippen LogP contribution in [0.4, 0.5) is 13.2 Å². The molecule has 0 bridgehead atoms. The van der Waals surface area contributed by atoms with Crippen molar-refractivity contribution < 1.29 is 27.8 Å². The first kappa shape index (κ1) is 27.7. The van der Waals surface area contributed by atoms with Crippen molar-refractivity contribution in [3.63, 3.8) is 0 Å². The molecule has 1 saturated heterocycles. The highest BCUT2D eigenvalue weighted by Crippen LogP contribution is 2.17. The number of hydrogen-bond donors (Lipinski definition) is 3. The van der Waals surface area contributed by atoms with Gasteiger partial charge in [-0.15, -0.1) is 24.0 Å². The van der Waals surface area contributed by atoms with Crippen molar-refractivity contribution in [3.05, 3.63) is 23.9 Å². The SMILES string of the molecule is CCNC(=NCc1ccnc(OCC(F)(F)F)c1)NCC(C)(O)CN1CCOCC1.I. The van der Waals surface area contributed by atoms with Crippen molar-refractivity contribution in [2.45, 2.75) is 32.2 Å². The minimum atomic E-state index is -4.42. The number of halogens is 4. The Morgan fingerprint density at radius 2 is 2.03 bits per heavy atom. The van der Waals surface area contributed by atoms with E-state index in [4.69, 9.17) is 4.74 Å². The molecule has 1 aliphatic heterocycles. The lowest BCUT2D eigenvalue weighted by atomic mass is 10.1. The zero-order chi connectivity index (χ0) is 22.0. The highest BCUT2D eigenvalue weighted by Gasteiger charge is 2.28. The third-order valence-electron chi connectivity index (χ3n) is 4.25. The lowest BCUT2D eigenvalue weighted by molar-refractivity contribution is -0.154. The van der Waals surface area contributed by atoms with Gasteiger partial charge in [-0.25, -0.2) is 9.98 Å². The zero-order valence-corrected chi connectivity index (χ0v) is 20.1. The minimum absolute atomic E-state index is 0. The number of aromatic nitrogens is 1. The summed E-state index contributed by atoms with van der Waals surface area (Å²) >= 11 is 0. The number of β-amino-alcohol motifs (C(OH)–C–C–N with tert-alkyl or cyclic N) is 1. The van der Waals surface area contributed by atoms with E-state index in [1.54, 1.807) is 13.0 Å². The largest absolute Gasteiger partial charge is 0.468 e. The number of ether oxygens (including phenoxy) is 2. The molecule has 3 N–H and O–H groups in total. The number of guanidine groups is 1. The monoisotopic (exact) mass is 561 g/mol. The fourth-order valence-electron chi connectivity index (χ4n) is 2.87. The van der Waals surface area contributed by atoms with Crippen molar-refractivity contribution in [2.24, 2.45) is 4.99 Å². The van der Waals surface area contributed by atoms with Gasteiger partial charge in [-0.2, -0.15) is 13.2 Å². The summed E-state index contributed by atoms with van der Waals surface area (Å²) < 4.78 is 46.9. The standard InChI is InChI=1S/C19H30F3N5O3.HI/c1-3-23-17(26-12-18(2,28)13-27-6-8-29-9-7-27)25-11-15-4-5-24-16(10-15)30-14-19(20,21)22;/h4-5,10,28H,3,6-9,11-14H2,1-2H3,(H2,23,25,26);1H. The molecule has 0 radical (unpaired) electrons. The maximum atomic E-state index is 12.3. The van der Waals surface area contributed by atoms with Crippen molar-refractivity contribution in [2.75, 3.05) is 52.5 Å². The maximum absolute atomic E-state index is 12.3. The third kappa shape index (κ3) is 11.7. The first-order valence-electron chi connectivity index (χ1n) is 9.86. The molecule has 2 heterocycles. The number of aliphatic imine (C=N–C) groups is 1. The average molecular weight is 561 g/mol. The maximum Gasteiger partial charge on any atom is 0.422 e. The second kappa shape index (κ2) is 13.2. The number of hydrogen-bond acceptors (Lipinski definition) is 6. The smallest absolute Gasteiger partial charge is 0.422 e. The molecule has 0 amide bonds. The Hall–Kier alpha value is -1.38. The van der Waals surface area contributed by atoms with Crippen LogP contribution in [-0.4, -0.2) is 85.3 Å². The van der Waals surface area contributed by atoms with E-state index in [9.17, 15) is 18.3 Å². The van der Waals surface area contributed by atoms with Crippen molar-refractivity contribution in [1.29, 1.82) is 0 Å². The number of pyridine rings is 1. The fourth-order valence-corrected chi connectivity index (χ4v) is 2.87. The molecule has 178 valence electrons. The molecule has 12 heteroatoms. The second-order valence-electron chi connectivity index (χ2n) is 7.34. The molecule has 0 saturated carbocycles. The van der Waals surface area contributed by atoms with E-state index in [-0.39, 0.29) is 42.9 Å². The van der Waals surface area contributed by atoms with Crippen LogP contribution < -0.4 is 15.4 Å². The highest BCUT2D eigenvalue weighted by atomic mass is 127. The molecule has 8 nitrogen and oxygen atoms in total. The minimum Gasteiger partial charge on any atom is -0.468 e. The van der Waals surface area contributed by atoms with E-state index >= 15 is 0 Å². The van der Waals surface area contributed by atoms with Crippen LogP contribution in [0.3, 0.4) is 0 Å². The predicted molar refractivity (Wildman–Crippen MR) is 122 cm³/mol. The normalized spacial score (nSPS) is 17.4. The van der Waals surface area contributed by atoms with Gasteiger partial charge in [-0.05, 0) is 25.5 Å². The highest BCUT2D eigenvalue weighted by molar-refractivity contribution is 14.0. The van der Waals surface area contributed by atoms with Gasteiger partial charge in [0.25, 0.3) is 0 Å². The Kier molecular flexibility index (Phi) is 11.8. The van der Waals surface area contributed by atoms with Crippen LogP contribution in [0.1, 0.15) is 19.4 Å². The van der Waals surface area contributed by atoms with Gasteiger partial charge in [0.15, 0.2) is 12.6 Å². The van der Waals surface area contributed by atoms with Gasteiger partial charge in [0, 0.05) is 45.0 Å². The lowest BCUT2D eigenvalue weighted by Gasteiger charge is -2.34. The number of aliphatic hydroxyl groups is 1. The van der Waals surface area contributed by atoms with E-state index in [0.717, 1.165) is 13.1 Å². The van der Waals surface area contributed by atoms with Crippen LogP contribution in [0, 0.1) is 0 Å². The molecule has 31 heavy (non-hydrogen) atoms. The number of rotatable bonds is 9. The van der Waals surface area contributed by atoms with Gasteiger partial charge in [0.2, 0.25) is 5.88 Å². The molecule has 1 unspecified atom stereocenters. The van der Waals surface area contributed by atoms with E-state index in [0.29, 0.717) is 37.8 Å². The van der Waals surface area contributed by atoms with E-state index < -0.39 is 18.4 Å². The van der Waals surface area contributed by atoms with E-state index in [1.165, 1.54) is 12.3 Å². The molecular formula is C19H31F3IN5O3. The number of nitrogens with one attached hydrogen (secondary N) is 2. The van der Waals surface area contributed by atoms with Gasteiger partial charge in [-0.3, -0.25) is 4.90 Å². The Balaban J connectivity index is 0.00000480. The summed E-state index contributed by atoms with van der Waals surface area (Å²) in [6.45, 7) is 6.79. The molecule has 1 atom stereocenters. The van der Waals surface area contributed by atoms with Crippen molar-refractivity contribution in [3.8, 4) is 5.88 Å². The van der Waals surface area contributed by atoms with Gasteiger partial charge < -0.3 is 25.2 Å². The molecular weight excluding hydrogens is 530 g/mol. The molecule has 0 aliphatic carbocycles. The Morgan fingerprint density at radius 1 is 1.32 bits per heavy atom. The zero-order valence-electron chi connectivity index (χ0n) is 17.7. The molecule has 2 rings (SSSR count). The number of alkyl halides is 3. The van der Waals surface area contributed by atoms with Crippen LogP contribution >= 0.6 is 24.0 Å². The van der Waals surface area contributed by atoms with Gasteiger partial charge in [-0.1, -0.05) is 0 Å². The topological polar surface area (TPSA) is 91.2 Å². The Bertz CT molecular complexity index is 686. The molecule has 1 aliphatic rings. The summed E-state index contributed by atoms with van der Waals surface area (Å²) in [5.74, 6) is 0.390. The fraction of sp³-hybridized carbons (Fsp3) is 0.684. The summed E-state index contributed by atoms with van der Waals surface area (Å²) in [5.41, 5.74) is -0.317. The summed E-state index contributed by atoms with van der Waals surface area (Å²) in [6, 6.07) is 3.08. The molecule has 1 aromatic rings.